The average Bonchev–Trinajstić information content (AvgIpc) is 2.89. The number of amides is 3. The lowest BCUT2D eigenvalue weighted by Crippen LogP contribution is -2.46. The average molecular weight is 514 g/mol. The van der Waals surface area contributed by atoms with Gasteiger partial charge in [0.1, 0.15) is 6.04 Å². The minimum atomic E-state index is -1.04. The second-order valence-electron chi connectivity index (χ2n) is 10.1. The van der Waals surface area contributed by atoms with Crippen molar-refractivity contribution in [2.24, 2.45) is 5.92 Å². The van der Waals surface area contributed by atoms with E-state index in [0.29, 0.717) is 11.4 Å². The lowest BCUT2D eigenvalue weighted by Gasteiger charge is -2.28. The second-order valence-corrected chi connectivity index (χ2v) is 10.1. The predicted octanol–water partition coefficient (Wildman–Crippen LogP) is 6.59. The second kappa shape index (κ2) is 11.9. The number of anilines is 2. The summed E-state index contributed by atoms with van der Waals surface area (Å²) in [4.78, 5) is 38.7. The SMILES string of the molecule is C=CCc1cc(C)c(NC(=O)Nc2cc3ccccc3cc2C(=O)N[C@H](C(=O)O)C2CCCCC2)c(C)c1. The third kappa shape index (κ3) is 6.22. The molecule has 7 heteroatoms. The number of hydrogen-bond acceptors (Lipinski definition) is 3. The van der Waals surface area contributed by atoms with Crippen molar-refractivity contribution in [3.8, 4) is 0 Å². The zero-order valence-electron chi connectivity index (χ0n) is 22.0. The van der Waals surface area contributed by atoms with Crippen molar-refractivity contribution < 1.29 is 19.5 Å². The van der Waals surface area contributed by atoms with Crippen LogP contribution in [-0.2, 0) is 11.2 Å². The molecule has 0 saturated heterocycles. The van der Waals surface area contributed by atoms with Crippen molar-refractivity contribution in [3.63, 3.8) is 0 Å². The molecule has 1 saturated carbocycles. The van der Waals surface area contributed by atoms with Crippen LogP contribution in [0.2, 0.25) is 0 Å². The molecule has 1 fully saturated rings. The number of urea groups is 1. The molecule has 198 valence electrons. The van der Waals surface area contributed by atoms with Gasteiger partial charge in [0.25, 0.3) is 5.91 Å². The lowest BCUT2D eigenvalue weighted by atomic mass is 9.83. The first-order valence-corrected chi connectivity index (χ1v) is 13.1. The summed E-state index contributed by atoms with van der Waals surface area (Å²) in [5.41, 5.74) is 4.18. The molecule has 3 aromatic carbocycles. The summed E-state index contributed by atoms with van der Waals surface area (Å²) in [6, 6.07) is 13.5. The topological polar surface area (TPSA) is 108 Å². The molecule has 0 aliphatic heterocycles. The Hall–Kier alpha value is -4.13. The smallest absolute Gasteiger partial charge is 0.326 e. The minimum Gasteiger partial charge on any atom is -0.480 e. The normalized spacial score (nSPS) is 14.5. The van der Waals surface area contributed by atoms with Crippen LogP contribution in [-0.4, -0.2) is 29.1 Å². The summed E-state index contributed by atoms with van der Waals surface area (Å²) < 4.78 is 0. The highest BCUT2D eigenvalue weighted by atomic mass is 16.4. The van der Waals surface area contributed by atoms with Crippen molar-refractivity contribution >= 4 is 40.1 Å². The number of aliphatic carboxylic acids is 1. The van der Waals surface area contributed by atoms with E-state index in [0.717, 1.165) is 66.0 Å². The molecule has 7 nitrogen and oxygen atoms in total. The number of hydrogen-bond donors (Lipinski definition) is 4. The van der Waals surface area contributed by atoms with E-state index >= 15 is 0 Å². The molecule has 4 N–H and O–H groups in total. The standard InChI is InChI=1S/C31H35N3O4/c1-4-10-21-15-19(2)27(20(3)16-21)34-31(38)32-26-18-24-14-9-8-13-23(24)17-25(26)29(35)33-28(30(36)37)22-11-6-5-7-12-22/h4,8-9,13-18,22,28H,1,5-7,10-12H2,2-3H3,(H,33,35)(H,36,37)(H2,32,34,38)/t28-/m0/s1. The molecule has 1 aliphatic rings. The maximum atomic E-state index is 13.5. The van der Waals surface area contributed by atoms with E-state index < -0.39 is 23.9 Å². The van der Waals surface area contributed by atoms with Gasteiger partial charge in [0.2, 0.25) is 0 Å². The lowest BCUT2D eigenvalue weighted by molar-refractivity contribution is -0.141. The fraction of sp³-hybridized carbons (Fsp3) is 0.323. The highest BCUT2D eigenvalue weighted by molar-refractivity contribution is 6.10. The fourth-order valence-electron chi connectivity index (χ4n) is 5.40. The molecule has 0 heterocycles. The predicted molar refractivity (Wildman–Crippen MR) is 152 cm³/mol. The largest absolute Gasteiger partial charge is 0.480 e. The summed E-state index contributed by atoms with van der Waals surface area (Å²) in [7, 11) is 0. The number of carboxylic acid groups (broad SMARTS) is 1. The van der Waals surface area contributed by atoms with Gasteiger partial charge in [0, 0.05) is 5.69 Å². The van der Waals surface area contributed by atoms with Gasteiger partial charge in [0.05, 0.1) is 11.3 Å². The van der Waals surface area contributed by atoms with Crippen LogP contribution in [0.5, 0.6) is 0 Å². The molecule has 4 rings (SSSR count). The zero-order valence-corrected chi connectivity index (χ0v) is 22.0. The monoisotopic (exact) mass is 513 g/mol. The molecule has 38 heavy (non-hydrogen) atoms. The van der Waals surface area contributed by atoms with Crippen LogP contribution in [0.3, 0.4) is 0 Å². The van der Waals surface area contributed by atoms with Crippen LogP contribution in [0.1, 0.15) is 59.2 Å². The van der Waals surface area contributed by atoms with Crippen LogP contribution in [0.25, 0.3) is 10.8 Å². The van der Waals surface area contributed by atoms with E-state index in [1.165, 1.54) is 0 Å². The Morgan fingerprint density at radius 3 is 2.21 bits per heavy atom. The maximum Gasteiger partial charge on any atom is 0.326 e. The van der Waals surface area contributed by atoms with Crippen LogP contribution in [0.15, 0.2) is 61.2 Å². The van der Waals surface area contributed by atoms with E-state index in [9.17, 15) is 19.5 Å². The molecule has 0 radical (unpaired) electrons. The van der Waals surface area contributed by atoms with Gasteiger partial charge < -0.3 is 21.1 Å². The van der Waals surface area contributed by atoms with Gasteiger partial charge >= 0.3 is 12.0 Å². The molecule has 0 bridgehead atoms. The summed E-state index contributed by atoms with van der Waals surface area (Å²) >= 11 is 0. The fourth-order valence-corrected chi connectivity index (χ4v) is 5.40. The Balaban J connectivity index is 1.61. The van der Waals surface area contributed by atoms with Gasteiger partial charge in [-0.2, -0.15) is 0 Å². The van der Waals surface area contributed by atoms with Gasteiger partial charge in [-0.25, -0.2) is 9.59 Å². The van der Waals surface area contributed by atoms with E-state index in [1.54, 1.807) is 12.1 Å². The van der Waals surface area contributed by atoms with Crippen LogP contribution < -0.4 is 16.0 Å². The molecule has 0 spiro atoms. The zero-order chi connectivity index (χ0) is 27.2. The number of benzene rings is 3. The third-order valence-electron chi connectivity index (χ3n) is 7.26. The number of carbonyl (C=O) groups excluding carboxylic acids is 2. The Kier molecular flexibility index (Phi) is 8.46. The van der Waals surface area contributed by atoms with Gasteiger partial charge in [-0.1, -0.05) is 61.7 Å². The number of allylic oxidation sites excluding steroid dienone is 1. The summed E-state index contributed by atoms with van der Waals surface area (Å²) in [6.07, 6.45) is 7.12. The molecule has 0 aromatic heterocycles. The van der Waals surface area contributed by atoms with Gasteiger partial charge in [0.15, 0.2) is 0 Å². The Labute approximate surface area is 223 Å². The van der Waals surface area contributed by atoms with Crippen molar-refractivity contribution in [2.75, 3.05) is 10.6 Å². The van der Waals surface area contributed by atoms with E-state index in [4.69, 9.17) is 0 Å². The van der Waals surface area contributed by atoms with Crippen molar-refractivity contribution in [2.45, 2.75) is 58.4 Å². The van der Waals surface area contributed by atoms with Crippen molar-refractivity contribution in [1.29, 1.82) is 0 Å². The highest BCUT2D eigenvalue weighted by Crippen LogP contribution is 2.29. The molecule has 3 amide bonds. The molecule has 3 aromatic rings. The van der Waals surface area contributed by atoms with E-state index in [1.807, 2.05) is 56.3 Å². The van der Waals surface area contributed by atoms with Crippen molar-refractivity contribution in [3.05, 3.63) is 83.4 Å². The van der Waals surface area contributed by atoms with Crippen LogP contribution in [0.4, 0.5) is 16.2 Å². The van der Waals surface area contributed by atoms with Gasteiger partial charge in [-0.05, 0) is 78.6 Å². The van der Waals surface area contributed by atoms with E-state index in [-0.39, 0.29) is 11.5 Å². The number of rotatable bonds is 8. The number of fused-ring (bicyclic) bond motifs is 1. The number of carbonyl (C=O) groups is 3. The molecule has 1 aliphatic carbocycles. The Morgan fingerprint density at radius 2 is 1.61 bits per heavy atom. The molecule has 0 unspecified atom stereocenters. The Bertz CT molecular complexity index is 1350. The number of carboxylic acids is 1. The maximum absolute atomic E-state index is 13.5. The first kappa shape index (κ1) is 26.9. The number of aryl methyl sites for hydroxylation is 2. The summed E-state index contributed by atoms with van der Waals surface area (Å²) in [5.74, 6) is -1.67. The van der Waals surface area contributed by atoms with E-state index in [2.05, 4.69) is 22.5 Å². The Morgan fingerprint density at radius 1 is 0.974 bits per heavy atom. The van der Waals surface area contributed by atoms with Crippen LogP contribution in [0, 0.1) is 19.8 Å². The highest BCUT2D eigenvalue weighted by Gasteiger charge is 2.31. The summed E-state index contributed by atoms with van der Waals surface area (Å²) in [5, 5.41) is 20.0. The molecule has 1 atom stereocenters. The first-order chi connectivity index (χ1) is 18.3. The number of nitrogens with one attached hydrogen (secondary N) is 3. The molecular weight excluding hydrogens is 478 g/mol. The van der Waals surface area contributed by atoms with Gasteiger partial charge in [-0.3, -0.25) is 4.79 Å². The van der Waals surface area contributed by atoms with Crippen LogP contribution >= 0.6 is 0 Å². The van der Waals surface area contributed by atoms with Crippen molar-refractivity contribution in [1.82, 2.24) is 5.32 Å². The molecular formula is C31H35N3O4. The third-order valence-corrected chi connectivity index (χ3v) is 7.26. The first-order valence-electron chi connectivity index (χ1n) is 13.1. The quantitative estimate of drug-likeness (QED) is 0.255. The minimum absolute atomic E-state index is 0.111. The van der Waals surface area contributed by atoms with Gasteiger partial charge in [-0.15, -0.1) is 6.58 Å². The summed E-state index contributed by atoms with van der Waals surface area (Å²) in [6.45, 7) is 7.65.